The van der Waals surface area contributed by atoms with Crippen molar-refractivity contribution in [3.63, 3.8) is 0 Å². The molecule has 140 valence electrons. The van der Waals surface area contributed by atoms with E-state index in [0.29, 0.717) is 17.0 Å². The lowest BCUT2D eigenvalue weighted by molar-refractivity contribution is 0.407. The number of aromatic nitrogens is 1. The molecule has 0 atom stereocenters. The van der Waals surface area contributed by atoms with Crippen LogP contribution in [0.3, 0.4) is 0 Å². The Kier molecular flexibility index (Phi) is 4.79. The van der Waals surface area contributed by atoms with Crippen LogP contribution in [-0.4, -0.2) is 10.1 Å². The van der Waals surface area contributed by atoms with Crippen molar-refractivity contribution in [3.8, 4) is 28.5 Å². The number of H-pyrrole nitrogens is 1. The molecule has 3 rings (SSSR count). The number of aromatic amines is 1. The van der Waals surface area contributed by atoms with Crippen LogP contribution in [0.1, 0.15) is 31.9 Å². The Morgan fingerprint density at radius 1 is 1.04 bits per heavy atom. The van der Waals surface area contributed by atoms with Crippen LogP contribution in [0.2, 0.25) is 0 Å². The Balaban J connectivity index is 2.22. The van der Waals surface area contributed by atoms with Crippen molar-refractivity contribution in [1.82, 2.24) is 4.98 Å². The van der Waals surface area contributed by atoms with E-state index < -0.39 is 5.82 Å². The first-order valence-corrected chi connectivity index (χ1v) is 8.66. The molecular formula is C22H22FNO3. The van der Waals surface area contributed by atoms with Gasteiger partial charge in [0.15, 0.2) is 16.9 Å². The molecule has 5 heteroatoms. The molecule has 2 aromatic carbocycles. The molecular weight excluding hydrogens is 345 g/mol. The van der Waals surface area contributed by atoms with E-state index >= 15 is 0 Å². The minimum atomic E-state index is -0.549. The Morgan fingerprint density at radius 2 is 1.78 bits per heavy atom. The fraction of sp³-hybridized carbons (Fsp3) is 0.227. The molecule has 0 aliphatic heterocycles. The van der Waals surface area contributed by atoms with Gasteiger partial charge in [-0.3, -0.25) is 4.79 Å². The molecule has 0 fully saturated rings. The lowest BCUT2D eigenvalue weighted by Crippen LogP contribution is -2.12. The Bertz CT molecular complexity index is 1050. The largest absolute Gasteiger partial charge is 0.504 e. The van der Waals surface area contributed by atoms with Crippen LogP contribution in [-0.2, 0) is 5.41 Å². The molecule has 0 spiro atoms. The van der Waals surface area contributed by atoms with Gasteiger partial charge in [-0.2, -0.15) is 0 Å². The fourth-order valence-corrected chi connectivity index (χ4v) is 2.90. The van der Waals surface area contributed by atoms with Gasteiger partial charge in [-0.05, 0) is 41.7 Å². The lowest BCUT2D eigenvalue weighted by atomic mass is 9.84. The summed E-state index contributed by atoms with van der Waals surface area (Å²) in [6.07, 6.45) is 1.58. The summed E-state index contributed by atoms with van der Waals surface area (Å²) in [6.45, 7) is 8.20. The highest BCUT2D eigenvalue weighted by atomic mass is 19.1. The third-order valence-electron chi connectivity index (χ3n) is 4.35. The van der Waals surface area contributed by atoms with Gasteiger partial charge in [-0.25, -0.2) is 4.39 Å². The predicted molar refractivity (Wildman–Crippen MR) is 104 cm³/mol. The van der Waals surface area contributed by atoms with E-state index in [1.54, 1.807) is 6.20 Å². The zero-order valence-electron chi connectivity index (χ0n) is 15.8. The molecule has 0 unspecified atom stereocenters. The monoisotopic (exact) mass is 367 g/mol. The quantitative estimate of drug-likeness (QED) is 0.662. The molecule has 0 saturated heterocycles. The smallest absolute Gasteiger partial charge is 0.182 e. The zero-order valence-corrected chi connectivity index (χ0v) is 15.8. The topological polar surface area (TPSA) is 62.3 Å². The number of rotatable bonds is 3. The van der Waals surface area contributed by atoms with E-state index in [2.05, 4.69) is 31.8 Å². The molecule has 0 bridgehead atoms. The average Bonchev–Trinajstić information content (AvgIpc) is 2.56. The first kappa shape index (κ1) is 18.7. The zero-order chi connectivity index (χ0) is 19.8. The van der Waals surface area contributed by atoms with Crippen molar-refractivity contribution >= 4 is 0 Å². The maximum atomic E-state index is 13.3. The SMILES string of the molecule is Cc1cc(C(C)(C)C)cc(Oc2ccc(F)cc2O)c1-c1cc(=O)cc[nH]1. The van der Waals surface area contributed by atoms with E-state index in [9.17, 15) is 14.3 Å². The highest BCUT2D eigenvalue weighted by Gasteiger charge is 2.21. The summed E-state index contributed by atoms with van der Waals surface area (Å²) in [5.41, 5.74) is 3.02. The molecule has 1 heterocycles. The normalized spacial score (nSPS) is 11.4. The fourth-order valence-electron chi connectivity index (χ4n) is 2.90. The predicted octanol–water partition coefficient (Wildman–Crippen LogP) is 5.28. The van der Waals surface area contributed by atoms with Gasteiger partial charge in [-0.1, -0.05) is 26.8 Å². The number of ether oxygens (including phenoxy) is 1. The van der Waals surface area contributed by atoms with Crippen LogP contribution >= 0.6 is 0 Å². The summed E-state index contributed by atoms with van der Waals surface area (Å²) in [7, 11) is 0. The van der Waals surface area contributed by atoms with E-state index in [0.717, 1.165) is 17.2 Å². The number of phenolic OH excluding ortho intramolecular Hbond substituents is 1. The molecule has 2 N–H and O–H groups in total. The van der Waals surface area contributed by atoms with Crippen LogP contribution < -0.4 is 10.2 Å². The van der Waals surface area contributed by atoms with Gasteiger partial charge >= 0.3 is 0 Å². The molecule has 0 radical (unpaired) electrons. The second kappa shape index (κ2) is 6.91. The van der Waals surface area contributed by atoms with E-state index in [-0.39, 0.29) is 22.3 Å². The number of nitrogens with one attached hydrogen (secondary N) is 1. The summed E-state index contributed by atoms with van der Waals surface area (Å²) in [4.78, 5) is 14.9. The van der Waals surface area contributed by atoms with Gasteiger partial charge in [0, 0.05) is 30.0 Å². The van der Waals surface area contributed by atoms with Crippen LogP contribution in [0.4, 0.5) is 4.39 Å². The molecule has 0 aliphatic rings. The van der Waals surface area contributed by atoms with Crippen molar-refractivity contribution in [2.24, 2.45) is 0 Å². The van der Waals surface area contributed by atoms with Crippen LogP contribution in [0.25, 0.3) is 11.3 Å². The number of hydrogen-bond acceptors (Lipinski definition) is 3. The van der Waals surface area contributed by atoms with Crippen molar-refractivity contribution < 1.29 is 14.2 Å². The van der Waals surface area contributed by atoms with Gasteiger partial charge in [0.25, 0.3) is 0 Å². The summed E-state index contributed by atoms with van der Waals surface area (Å²) >= 11 is 0. The molecule has 0 saturated carbocycles. The molecule has 27 heavy (non-hydrogen) atoms. The Morgan fingerprint density at radius 3 is 2.41 bits per heavy atom. The Hall–Kier alpha value is -3.08. The first-order chi connectivity index (χ1) is 12.6. The third kappa shape index (κ3) is 4.03. The highest BCUT2D eigenvalue weighted by molar-refractivity contribution is 5.72. The molecule has 0 aliphatic carbocycles. The van der Waals surface area contributed by atoms with Crippen LogP contribution in [0.5, 0.6) is 17.2 Å². The second-order valence-electron chi connectivity index (χ2n) is 7.57. The lowest BCUT2D eigenvalue weighted by Gasteiger charge is -2.23. The summed E-state index contributed by atoms with van der Waals surface area (Å²) in [5.74, 6) is -0.224. The minimum Gasteiger partial charge on any atom is -0.504 e. The maximum absolute atomic E-state index is 13.3. The summed E-state index contributed by atoms with van der Waals surface area (Å²) < 4.78 is 19.3. The van der Waals surface area contributed by atoms with Gasteiger partial charge in [0.1, 0.15) is 11.6 Å². The van der Waals surface area contributed by atoms with Crippen LogP contribution in [0.15, 0.2) is 53.5 Å². The standard InChI is InChI=1S/C22H22FNO3/c1-13-9-14(22(2,3)4)10-20(21(13)17-12-16(25)7-8-24-17)27-19-6-5-15(23)11-18(19)26/h5-12,26H,1-4H3,(H,24,25). The molecule has 3 aromatic rings. The number of phenols is 1. The second-order valence-corrected chi connectivity index (χ2v) is 7.57. The van der Waals surface area contributed by atoms with Gasteiger partial charge in [0.2, 0.25) is 0 Å². The minimum absolute atomic E-state index is 0.126. The van der Waals surface area contributed by atoms with Gasteiger partial charge in [0.05, 0.1) is 5.69 Å². The van der Waals surface area contributed by atoms with Crippen molar-refractivity contribution in [2.75, 3.05) is 0 Å². The highest BCUT2D eigenvalue weighted by Crippen LogP contribution is 2.40. The number of halogens is 1. The molecule has 4 nitrogen and oxygen atoms in total. The summed E-state index contributed by atoms with van der Waals surface area (Å²) in [6, 6.07) is 10.5. The number of hydrogen-bond donors (Lipinski definition) is 2. The van der Waals surface area contributed by atoms with Crippen molar-refractivity contribution in [1.29, 1.82) is 0 Å². The van der Waals surface area contributed by atoms with E-state index in [1.807, 2.05) is 13.0 Å². The van der Waals surface area contributed by atoms with Gasteiger partial charge < -0.3 is 14.8 Å². The van der Waals surface area contributed by atoms with E-state index in [4.69, 9.17) is 4.74 Å². The number of pyridine rings is 1. The van der Waals surface area contributed by atoms with Crippen LogP contribution in [0, 0.1) is 12.7 Å². The van der Waals surface area contributed by atoms with Gasteiger partial charge in [-0.15, -0.1) is 0 Å². The maximum Gasteiger partial charge on any atom is 0.182 e. The summed E-state index contributed by atoms with van der Waals surface area (Å²) in [5, 5.41) is 10.0. The first-order valence-electron chi connectivity index (χ1n) is 8.66. The number of aromatic hydroxyl groups is 1. The number of aryl methyl sites for hydroxylation is 1. The third-order valence-corrected chi connectivity index (χ3v) is 4.35. The van der Waals surface area contributed by atoms with Crippen molar-refractivity contribution in [2.45, 2.75) is 33.1 Å². The number of benzene rings is 2. The average molecular weight is 367 g/mol. The van der Waals surface area contributed by atoms with E-state index in [1.165, 1.54) is 24.3 Å². The Labute approximate surface area is 157 Å². The van der Waals surface area contributed by atoms with Crippen molar-refractivity contribution in [3.05, 3.63) is 75.8 Å². The molecule has 1 aromatic heterocycles. The molecule has 0 amide bonds.